The summed E-state index contributed by atoms with van der Waals surface area (Å²) in [5, 5.41) is 6.78. The van der Waals surface area contributed by atoms with Gasteiger partial charge in [-0.2, -0.15) is 0 Å². The van der Waals surface area contributed by atoms with Crippen LogP contribution in [0.4, 0.5) is 0 Å². The summed E-state index contributed by atoms with van der Waals surface area (Å²) >= 11 is 5.95. The Labute approximate surface area is 124 Å². The number of hydrogen-bond acceptors (Lipinski definition) is 3. The van der Waals surface area contributed by atoms with E-state index in [0.717, 1.165) is 19.5 Å². The third kappa shape index (κ3) is 5.02. The molecule has 1 aliphatic rings. The highest BCUT2D eigenvalue weighted by atomic mass is 35.5. The minimum absolute atomic E-state index is 0.00660. The second-order valence-corrected chi connectivity index (χ2v) is 5.48. The van der Waals surface area contributed by atoms with E-state index in [4.69, 9.17) is 16.3 Å². The van der Waals surface area contributed by atoms with E-state index in [1.165, 1.54) is 12.8 Å². The van der Waals surface area contributed by atoms with Crippen molar-refractivity contribution in [3.63, 3.8) is 0 Å². The van der Waals surface area contributed by atoms with Gasteiger partial charge >= 0.3 is 0 Å². The molecule has 20 heavy (non-hydrogen) atoms. The molecule has 5 heteroatoms. The predicted molar refractivity (Wildman–Crippen MR) is 80.2 cm³/mol. The predicted octanol–water partition coefficient (Wildman–Crippen LogP) is 2.22. The Bertz CT molecular complexity index is 434. The zero-order valence-corrected chi connectivity index (χ0v) is 12.3. The van der Waals surface area contributed by atoms with E-state index in [-0.39, 0.29) is 12.5 Å². The van der Waals surface area contributed by atoms with Crippen molar-refractivity contribution < 1.29 is 9.53 Å². The van der Waals surface area contributed by atoms with Crippen LogP contribution in [0.2, 0.25) is 5.02 Å². The molecular formula is C15H21ClN2O2. The summed E-state index contributed by atoms with van der Waals surface area (Å²) in [7, 11) is 0. The fraction of sp³-hybridized carbons (Fsp3) is 0.533. The molecular weight excluding hydrogens is 276 g/mol. The zero-order chi connectivity index (χ0) is 14.2. The van der Waals surface area contributed by atoms with E-state index < -0.39 is 0 Å². The Kier molecular flexibility index (Phi) is 6.15. The summed E-state index contributed by atoms with van der Waals surface area (Å²) in [4.78, 5) is 11.7. The second kappa shape index (κ2) is 8.12. The first-order valence-electron chi connectivity index (χ1n) is 7.10. The smallest absolute Gasteiger partial charge is 0.257 e. The van der Waals surface area contributed by atoms with Crippen molar-refractivity contribution in [1.82, 2.24) is 10.6 Å². The lowest BCUT2D eigenvalue weighted by atomic mass is 9.96. The lowest BCUT2D eigenvalue weighted by Crippen LogP contribution is -2.34. The number of amides is 1. The Hall–Kier alpha value is -1.26. The molecule has 1 heterocycles. The molecule has 1 aliphatic heterocycles. The van der Waals surface area contributed by atoms with Gasteiger partial charge in [-0.05, 0) is 50.4 Å². The van der Waals surface area contributed by atoms with Crippen molar-refractivity contribution in [3.05, 3.63) is 29.3 Å². The molecule has 1 fully saturated rings. The van der Waals surface area contributed by atoms with Crippen LogP contribution < -0.4 is 15.4 Å². The molecule has 1 amide bonds. The molecule has 0 radical (unpaired) electrons. The molecule has 1 saturated heterocycles. The molecule has 0 bridgehead atoms. The van der Waals surface area contributed by atoms with Crippen LogP contribution in [0.25, 0.3) is 0 Å². The van der Waals surface area contributed by atoms with E-state index in [1.54, 1.807) is 12.1 Å². The van der Waals surface area contributed by atoms with Gasteiger partial charge in [-0.25, -0.2) is 0 Å². The van der Waals surface area contributed by atoms with Crippen molar-refractivity contribution >= 4 is 17.5 Å². The molecule has 1 unspecified atom stereocenters. The highest BCUT2D eigenvalue weighted by molar-refractivity contribution is 6.32. The van der Waals surface area contributed by atoms with Crippen LogP contribution in [0.1, 0.15) is 19.3 Å². The molecule has 2 rings (SSSR count). The SMILES string of the molecule is O=C(COc1ccccc1Cl)NCCC1CCCNC1. The number of carbonyl (C=O) groups is 1. The number of nitrogens with one attached hydrogen (secondary N) is 2. The van der Waals surface area contributed by atoms with Crippen molar-refractivity contribution in [1.29, 1.82) is 0 Å². The van der Waals surface area contributed by atoms with Crippen LogP contribution in [0, 0.1) is 5.92 Å². The lowest BCUT2D eigenvalue weighted by molar-refractivity contribution is -0.123. The summed E-state index contributed by atoms with van der Waals surface area (Å²) < 4.78 is 5.38. The van der Waals surface area contributed by atoms with E-state index in [1.807, 2.05) is 12.1 Å². The van der Waals surface area contributed by atoms with Gasteiger partial charge in [0.25, 0.3) is 5.91 Å². The van der Waals surface area contributed by atoms with Gasteiger partial charge in [-0.3, -0.25) is 4.79 Å². The normalized spacial score (nSPS) is 18.6. The molecule has 1 atom stereocenters. The van der Waals surface area contributed by atoms with Crippen LogP contribution >= 0.6 is 11.6 Å². The quantitative estimate of drug-likeness (QED) is 0.846. The standard InChI is InChI=1S/C15H21ClN2O2/c16-13-5-1-2-6-14(13)20-11-15(19)18-9-7-12-4-3-8-17-10-12/h1-2,5-6,12,17H,3-4,7-11H2,(H,18,19). The van der Waals surface area contributed by atoms with Crippen molar-refractivity contribution in [2.45, 2.75) is 19.3 Å². The van der Waals surface area contributed by atoms with Crippen molar-refractivity contribution in [2.24, 2.45) is 5.92 Å². The van der Waals surface area contributed by atoms with Crippen LogP contribution in [0.3, 0.4) is 0 Å². The minimum Gasteiger partial charge on any atom is -0.482 e. The minimum atomic E-state index is -0.103. The number of halogens is 1. The number of rotatable bonds is 6. The molecule has 1 aromatic rings. The molecule has 0 saturated carbocycles. The summed E-state index contributed by atoms with van der Waals surface area (Å²) in [6, 6.07) is 7.15. The second-order valence-electron chi connectivity index (χ2n) is 5.07. The Balaban J connectivity index is 1.62. The highest BCUT2D eigenvalue weighted by Crippen LogP contribution is 2.22. The van der Waals surface area contributed by atoms with Crippen LogP contribution in [-0.4, -0.2) is 32.1 Å². The third-order valence-electron chi connectivity index (χ3n) is 3.47. The fourth-order valence-electron chi connectivity index (χ4n) is 2.34. The number of piperidine rings is 1. The number of ether oxygens (including phenoxy) is 1. The highest BCUT2D eigenvalue weighted by Gasteiger charge is 2.13. The molecule has 0 aromatic heterocycles. The first kappa shape index (κ1) is 15.1. The summed E-state index contributed by atoms with van der Waals surface area (Å²) in [6.07, 6.45) is 3.50. The zero-order valence-electron chi connectivity index (χ0n) is 11.5. The van der Waals surface area contributed by atoms with Crippen LogP contribution in [0.15, 0.2) is 24.3 Å². The molecule has 0 aliphatic carbocycles. The van der Waals surface area contributed by atoms with E-state index in [2.05, 4.69) is 10.6 Å². The maximum Gasteiger partial charge on any atom is 0.257 e. The number of benzene rings is 1. The number of carbonyl (C=O) groups excluding carboxylic acids is 1. The average Bonchev–Trinajstić information content (AvgIpc) is 2.47. The van der Waals surface area contributed by atoms with Gasteiger partial charge < -0.3 is 15.4 Å². The largest absolute Gasteiger partial charge is 0.482 e. The maximum absolute atomic E-state index is 11.7. The Morgan fingerprint density at radius 1 is 1.45 bits per heavy atom. The van der Waals surface area contributed by atoms with Crippen LogP contribution in [-0.2, 0) is 4.79 Å². The summed E-state index contributed by atoms with van der Waals surface area (Å²) in [5.41, 5.74) is 0. The van der Waals surface area contributed by atoms with Gasteiger partial charge in [-0.15, -0.1) is 0 Å². The molecule has 110 valence electrons. The molecule has 4 nitrogen and oxygen atoms in total. The molecule has 0 spiro atoms. The van der Waals surface area contributed by atoms with Crippen LogP contribution in [0.5, 0.6) is 5.75 Å². The number of para-hydroxylation sites is 1. The Morgan fingerprint density at radius 2 is 2.30 bits per heavy atom. The topological polar surface area (TPSA) is 50.4 Å². The molecule has 2 N–H and O–H groups in total. The summed E-state index contributed by atoms with van der Waals surface area (Å²) in [6.45, 7) is 2.89. The van der Waals surface area contributed by atoms with Gasteiger partial charge in [0, 0.05) is 6.54 Å². The number of hydrogen-bond donors (Lipinski definition) is 2. The third-order valence-corrected chi connectivity index (χ3v) is 3.78. The summed E-state index contributed by atoms with van der Waals surface area (Å²) in [5.74, 6) is 1.11. The molecule has 1 aromatic carbocycles. The van der Waals surface area contributed by atoms with Crippen molar-refractivity contribution in [3.8, 4) is 5.75 Å². The van der Waals surface area contributed by atoms with E-state index in [0.29, 0.717) is 23.2 Å². The fourth-order valence-corrected chi connectivity index (χ4v) is 2.53. The van der Waals surface area contributed by atoms with E-state index in [9.17, 15) is 4.79 Å². The monoisotopic (exact) mass is 296 g/mol. The lowest BCUT2D eigenvalue weighted by Gasteiger charge is -2.22. The first-order chi connectivity index (χ1) is 9.75. The van der Waals surface area contributed by atoms with E-state index >= 15 is 0 Å². The maximum atomic E-state index is 11.7. The first-order valence-corrected chi connectivity index (χ1v) is 7.48. The van der Waals surface area contributed by atoms with Gasteiger partial charge in [-0.1, -0.05) is 23.7 Å². The van der Waals surface area contributed by atoms with Crippen molar-refractivity contribution in [2.75, 3.05) is 26.2 Å². The van der Waals surface area contributed by atoms with Gasteiger partial charge in [0.15, 0.2) is 6.61 Å². The van der Waals surface area contributed by atoms with Gasteiger partial charge in [0.1, 0.15) is 5.75 Å². The van der Waals surface area contributed by atoms with Gasteiger partial charge in [0.05, 0.1) is 5.02 Å². The van der Waals surface area contributed by atoms with Gasteiger partial charge in [0.2, 0.25) is 0 Å². The Morgan fingerprint density at radius 3 is 3.05 bits per heavy atom. The average molecular weight is 297 g/mol.